The predicted molar refractivity (Wildman–Crippen MR) is 111 cm³/mol. The maximum absolute atomic E-state index is 11.9. The van der Waals surface area contributed by atoms with E-state index in [1.54, 1.807) is 24.0 Å². The molecule has 1 saturated heterocycles. The van der Waals surface area contributed by atoms with E-state index in [9.17, 15) is 19.7 Å². The number of rotatable bonds is 6. The molecule has 3 aromatic rings. The Balaban J connectivity index is 1.59. The number of nitrogens with zero attached hydrogens (tertiary/aromatic N) is 4. The second-order valence-corrected chi connectivity index (χ2v) is 7.76. The van der Waals surface area contributed by atoms with Gasteiger partial charge in [0, 0.05) is 19.2 Å². The average Bonchev–Trinajstić information content (AvgIpc) is 3.13. The quantitative estimate of drug-likeness (QED) is 0.315. The molecule has 12 heteroatoms. The van der Waals surface area contributed by atoms with Gasteiger partial charge in [0.1, 0.15) is 12.1 Å². The van der Waals surface area contributed by atoms with Crippen LogP contribution < -0.4 is 14.6 Å². The monoisotopic (exact) mass is 446 g/mol. The normalized spacial score (nSPS) is 14.5. The summed E-state index contributed by atoms with van der Waals surface area (Å²) in [4.78, 5) is 43.9. The maximum atomic E-state index is 11.9. The standard InChI is InChI=1S/C19H18N4O7S/c1-2-28-18(24)11-5-7-22(8-6-11)16-15(23(26)27)17(21-10-20-16)29-12-3-4-14-13(9-12)30-19(25)31-14/h3-4,9-11H,2,5-8H2,1H3. The van der Waals surface area contributed by atoms with E-state index in [1.807, 2.05) is 0 Å². The van der Waals surface area contributed by atoms with Gasteiger partial charge >= 0.3 is 22.5 Å². The van der Waals surface area contributed by atoms with Crippen LogP contribution in [-0.4, -0.2) is 40.6 Å². The number of anilines is 1. The Kier molecular flexibility index (Phi) is 5.80. The Labute approximate surface area is 179 Å². The molecule has 2 aromatic heterocycles. The Hall–Kier alpha value is -3.54. The van der Waals surface area contributed by atoms with Crippen molar-refractivity contribution in [2.45, 2.75) is 19.8 Å². The minimum absolute atomic E-state index is 0.125. The van der Waals surface area contributed by atoms with Gasteiger partial charge in [0.05, 0.1) is 22.1 Å². The molecule has 0 spiro atoms. The van der Waals surface area contributed by atoms with E-state index in [4.69, 9.17) is 13.9 Å². The van der Waals surface area contributed by atoms with Crippen molar-refractivity contribution in [1.29, 1.82) is 0 Å². The Morgan fingerprint density at radius 1 is 1.35 bits per heavy atom. The van der Waals surface area contributed by atoms with Gasteiger partial charge in [-0.05, 0) is 31.9 Å². The Morgan fingerprint density at radius 2 is 2.13 bits per heavy atom. The van der Waals surface area contributed by atoms with Crippen molar-refractivity contribution < 1.29 is 23.6 Å². The van der Waals surface area contributed by atoms with E-state index in [1.165, 1.54) is 12.4 Å². The van der Waals surface area contributed by atoms with Gasteiger partial charge in [-0.25, -0.2) is 9.78 Å². The van der Waals surface area contributed by atoms with Crippen molar-refractivity contribution in [3.63, 3.8) is 0 Å². The third kappa shape index (κ3) is 4.33. The zero-order chi connectivity index (χ0) is 22.0. The SMILES string of the molecule is CCOC(=O)C1CCN(c2ncnc(Oc3ccc4sc(=O)oc4c3)c2[N+](=O)[O-])CC1. The van der Waals surface area contributed by atoms with Crippen molar-refractivity contribution in [3.8, 4) is 11.6 Å². The number of fused-ring (bicyclic) bond motifs is 1. The van der Waals surface area contributed by atoms with Crippen LogP contribution in [0.25, 0.3) is 10.3 Å². The second-order valence-electron chi connectivity index (χ2n) is 6.79. The van der Waals surface area contributed by atoms with Gasteiger partial charge in [-0.2, -0.15) is 4.98 Å². The molecule has 1 aliphatic rings. The van der Waals surface area contributed by atoms with Crippen molar-refractivity contribution in [2.24, 2.45) is 5.92 Å². The van der Waals surface area contributed by atoms with Gasteiger partial charge in [-0.3, -0.25) is 14.9 Å². The summed E-state index contributed by atoms with van der Waals surface area (Å²) in [7, 11) is 0. The van der Waals surface area contributed by atoms with Crippen molar-refractivity contribution in [1.82, 2.24) is 9.97 Å². The largest absolute Gasteiger partial charge is 0.466 e. The molecule has 0 saturated carbocycles. The second kappa shape index (κ2) is 8.68. The van der Waals surface area contributed by atoms with Crippen molar-refractivity contribution in [3.05, 3.63) is 44.4 Å². The molecule has 11 nitrogen and oxygen atoms in total. The number of esters is 1. The number of hydrogen-bond acceptors (Lipinski definition) is 11. The van der Waals surface area contributed by atoms with Crippen LogP contribution in [0.5, 0.6) is 11.6 Å². The summed E-state index contributed by atoms with van der Waals surface area (Å²) < 4.78 is 16.4. The average molecular weight is 446 g/mol. The zero-order valence-corrected chi connectivity index (χ0v) is 17.3. The van der Waals surface area contributed by atoms with Gasteiger partial charge in [-0.15, -0.1) is 0 Å². The fraction of sp³-hybridized carbons (Fsp3) is 0.368. The molecule has 1 aliphatic heterocycles. The summed E-state index contributed by atoms with van der Waals surface area (Å²) in [5, 5.41) is 11.8. The molecular formula is C19H18N4O7S. The third-order valence-corrected chi connectivity index (χ3v) is 5.69. The summed E-state index contributed by atoms with van der Waals surface area (Å²) in [5.74, 6) is -0.346. The lowest BCUT2D eigenvalue weighted by atomic mass is 9.97. The minimum Gasteiger partial charge on any atom is -0.466 e. The zero-order valence-electron chi connectivity index (χ0n) is 16.5. The molecule has 0 N–H and O–H groups in total. The molecule has 0 bridgehead atoms. The highest BCUT2D eigenvalue weighted by molar-refractivity contribution is 7.16. The van der Waals surface area contributed by atoms with Crippen LogP contribution in [-0.2, 0) is 9.53 Å². The van der Waals surface area contributed by atoms with Crippen LogP contribution in [0, 0.1) is 16.0 Å². The van der Waals surface area contributed by atoms with Gasteiger partial charge in [0.15, 0.2) is 5.58 Å². The topological polar surface area (TPSA) is 138 Å². The molecular weight excluding hydrogens is 428 g/mol. The lowest BCUT2D eigenvalue weighted by molar-refractivity contribution is -0.385. The van der Waals surface area contributed by atoms with Crippen LogP contribution in [0.4, 0.5) is 11.5 Å². The van der Waals surface area contributed by atoms with E-state index in [0.717, 1.165) is 11.3 Å². The predicted octanol–water partition coefficient (Wildman–Crippen LogP) is 3.12. The Bertz CT molecular complexity index is 1180. The first-order valence-corrected chi connectivity index (χ1v) is 10.4. The summed E-state index contributed by atoms with van der Waals surface area (Å²) in [6.07, 6.45) is 2.20. The van der Waals surface area contributed by atoms with E-state index in [2.05, 4.69) is 9.97 Å². The first-order chi connectivity index (χ1) is 15.0. The van der Waals surface area contributed by atoms with Crippen LogP contribution >= 0.6 is 11.3 Å². The molecule has 4 rings (SSSR count). The number of aromatic nitrogens is 2. The molecule has 31 heavy (non-hydrogen) atoms. The van der Waals surface area contributed by atoms with Crippen molar-refractivity contribution in [2.75, 3.05) is 24.6 Å². The van der Waals surface area contributed by atoms with E-state index < -0.39 is 9.86 Å². The molecule has 1 aromatic carbocycles. The number of carbonyl (C=O) groups excluding carboxylic acids is 1. The fourth-order valence-electron chi connectivity index (χ4n) is 3.43. The third-order valence-electron chi connectivity index (χ3n) is 4.88. The first-order valence-electron chi connectivity index (χ1n) is 9.58. The highest BCUT2D eigenvalue weighted by atomic mass is 32.1. The lowest BCUT2D eigenvalue weighted by Crippen LogP contribution is -2.37. The van der Waals surface area contributed by atoms with Gasteiger partial charge < -0.3 is 18.8 Å². The molecule has 0 atom stereocenters. The molecule has 3 heterocycles. The summed E-state index contributed by atoms with van der Waals surface area (Å²) in [6, 6.07) is 4.68. The molecule has 0 aliphatic carbocycles. The Morgan fingerprint density at radius 3 is 2.84 bits per heavy atom. The van der Waals surface area contributed by atoms with Crippen LogP contribution in [0.3, 0.4) is 0 Å². The number of carbonyl (C=O) groups is 1. The number of benzene rings is 1. The maximum Gasteiger partial charge on any atom is 0.396 e. The molecule has 0 unspecified atom stereocenters. The highest BCUT2D eigenvalue weighted by Crippen LogP contribution is 2.38. The number of ether oxygens (including phenoxy) is 2. The molecule has 0 amide bonds. The lowest BCUT2D eigenvalue weighted by Gasteiger charge is -2.31. The molecule has 1 fully saturated rings. The number of piperidine rings is 1. The smallest absolute Gasteiger partial charge is 0.396 e. The molecule has 0 radical (unpaired) electrons. The van der Waals surface area contributed by atoms with E-state index in [-0.39, 0.29) is 35.0 Å². The van der Waals surface area contributed by atoms with E-state index in [0.29, 0.717) is 42.8 Å². The van der Waals surface area contributed by atoms with Gasteiger partial charge in [0.2, 0.25) is 5.82 Å². The van der Waals surface area contributed by atoms with Crippen LogP contribution in [0.15, 0.2) is 33.7 Å². The van der Waals surface area contributed by atoms with Crippen molar-refractivity contribution >= 4 is 39.1 Å². The highest BCUT2D eigenvalue weighted by Gasteiger charge is 2.33. The van der Waals surface area contributed by atoms with Crippen LogP contribution in [0.1, 0.15) is 19.8 Å². The van der Waals surface area contributed by atoms with Gasteiger partial charge in [0.25, 0.3) is 0 Å². The fourth-order valence-corrected chi connectivity index (χ4v) is 4.08. The number of nitro groups is 1. The minimum atomic E-state index is -0.592. The van der Waals surface area contributed by atoms with Gasteiger partial charge in [-0.1, -0.05) is 11.3 Å². The first kappa shape index (κ1) is 20.7. The summed E-state index contributed by atoms with van der Waals surface area (Å²) >= 11 is 0.950. The van der Waals surface area contributed by atoms with E-state index >= 15 is 0 Å². The van der Waals surface area contributed by atoms with Crippen LogP contribution in [0.2, 0.25) is 0 Å². The number of hydrogen-bond donors (Lipinski definition) is 0. The summed E-state index contributed by atoms with van der Waals surface area (Å²) in [5.41, 5.74) is -0.0468. The molecule has 162 valence electrons. The summed E-state index contributed by atoms with van der Waals surface area (Å²) in [6.45, 7) is 2.89.